The Kier molecular flexibility index (Phi) is 6.95. The van der Waals surface area contributed by atoms with Crippen LogP contribution in [-0.2, 0) is 19.6 Å². The first-order chi connectivity index (χ1) is 13.0. The molecule has 1 atom stereocenters. The van der Waals surface area contributed by atoms with Crippen molar-refractivity contribution in [1.29, 1.82) is 0 Å². The summed E-state index contributed by atoms with van der Waals surface area (Å²) < 4.78 is 43.1. The van der Waals surface area contributed by atoms with Crippen LogP contribution in [0.1, 0.15) is 11.6 Å². The number of rotatable bonds is 8. The van der Waals surface area contributed by atoms with Gasteiger partial charge in [-0.05, 0) is 23.7 Å². The van der Waals surface area contributed by atoms with Crippen LogP contribution in [0, 0.1) is 0 Å². The third-order valence-electron chi connectivity index (χ3n) is 4.65. The molecule has 1 unspecified atom stereocenters. The number of sulfonamides is 1. The number of ether oxygens (including phenoxy) is 3. The van der Waals surface area contributed by atoms with Crippen LogP contribution in [0.4, 0.5) is 0 Å². The Morgan fingerprint density at radius 3 is 2.14 bits per heavy atom. The molecule has 0 aliphatic carbocycles. The van der Waals surface area contributed by atoms with Gasteiger partial charge < -0.3 is 14.2 Å². The number of hydrogen-bond donors (Lipinski definition) is 0. The molecule has 0 N–H and O–H groups in total. The first kappa shape index (κ1) is 22.4. The summed E-state index contributed by atoms with van der Waals surface area (Å²) in [5.41, 5.74) is 0.899. The molecule has 0 spiro atoms. The Balaban J connectivity index is 2.49. The Morgan fingerprint density at radius 2 is 1.68 bits per heavy atom. The summed E-state index contributed by atoms with van der Waals surface area (Å²) in [7, 11) is -0.799. The van der Waals surface area contributed by atoms with E-state index in [1.54, 1.807) is 24.3 Å². The molecule has 1 aromatic carbocycles. The van der Waals surface area contributed by atoms with Gasteiger partial charge in [0.25, 0.3) is 0 Å². The third-order valence-corrected chi connectivity index (χ3v) is 8.56. The highest BCUT2D eigenvalue weighted by atomic mass is 32.2. The van der Waals surface area contributed by atoms with Gasteiger partial charge in [-0.3, -0.25) is 0 Å². The van der Waals surface area contributed by atoms with Gasteiger partial charge in [0.1, 0.15) is 11.5 Å². The van der Waals surface area contributed by atoms with Gasteiger partial charge in [0, 0.05) is 20.7 Å². The average molecular weight is 428 g/mol. The molecule has 0 aromatic heterocycles. The lowest BCUT2D eigenvalue weighted by Gasteiger charge is -2.28. The maximum atomic E-state index is 13.1. The molecule has 0 bridgehead atoms. The fourth-order valence-corrected chi connectivity index (χ4v) is 7.61. The van der Waals surface area contributed by atoms with Crippen molar-refractivity contribution >= 4 is 24.1 Å². The molecule has 7 nitrogen and oxygen atoms in total. The molecule has 2 rings (SSSR count). The van der Waals surface area contributed by atoms with E-state index >= 15 is 0 Å². The predicted molar refractivity (Wildman–Crippen MR) is 111 cm³/mol. The SMILES string of the molecule is COC(=O)C1=CCN(S(=O)(=O)CC[Si](C)(C)C)C1c1cc(OC)cc(OC)c1. The van der Waals surface area contributed by atoms with Crippen LogP contribution in [-0.4, -0.2) is 60.4 Å². The van der Waals surface area contributed by atoms with E-state index in [0.717, 1.165) is 0 Å². The van der Waals surface area contributed by atoms with Crippen LogP contribution in [0.5, 0.6) is 11.5 Å². The Bertz CT molecular complexity index is 837. The summed E-state index contributed by atoms with van der Waals surface area (Å²) in [5.74, 6) is 0.548. The largest absolute Gasteiger partial charge is 0.497 e. The van der Waals surface area contributed by atoms with E-state index in [1.807, 2.05) is 0 Å². The second kappa shape index (κ2) is 8.67. The van der Waals surface area contributed by atoms with E-state index in [9.17, 15) is 13.2 Å². The molecule has 28 heavy (non-hydrogen) atoms. The monoisotopic (exact) mass is 427 g/mol. The summed E-state index contributed by atoms with van der Waals surface area (Å²) in [6.45, 7) is 6.53. The topological polar surface area (TPSA) is 82.1 Å². The summed E-state index contributed by atoms with van der Waals surface area (Å²) in [6.07, 6.45) is 1.62. The van der Waals surface area contributed by atoms with Crippen molar-refractivity contribution in [3.05, 3.63) is 35.4 Å². The molecule has 9 heteroatoms. The fourth-order valence-electron chi connectivity index (χ4n) is 3.03. The number of methoxy groups -OCH3 is 3. The van der Waals surface area contributed by atoms with E-state index in [1.165, 1.54) is 25.6 Å². The van der Waals surface area contributed by atoms with Crippen molar-refractivity contribution in [3.8, 4) is 11.5 Å². The molecule has 0 fully saturated rings. The molecule has 0 radical (unpaired) electrons. The molecule has 1 aliphatic heterocycles. The lowest BCUT2D eigenvalue weighted by Crippen LogP contribution is -2.37. The van der Waals surface area contributed by atoms with Gasteiger partial charge in [-0.1, -0.05) is 25.7 Å². The predicted octanol–water partition coefficient (Wildman–Crippen LogP) is 2.83. The summed E-state index contributed by atoms with van der Waals surface area (Å²) >= 11 is 0. The minimum Gasteiger partial charge on any atom is -0.497 e. The van der Waals surface area contributed by atoms with Crippen molar-refractivity contribution in [2.24, 2.45) is 0 Å². The van der Waals surface area contributed by atoms with Crippen molar-refractivity contribution in [1.82, 2.24) is 4.31 Å². The maximum absolute atomic E-state index is 13.1. The molecule has 156 valence electrons. The quantitative estimate of drug-likeness (QED) is 0.469. The van der Waals surface area contributed by atoms with Gasteiger partial charge in [0.2, 0.25) is 10.0 Å². The normalized spacial score (nSPS) is 17.9. The number of benzene rings is 1. The highest BCUT2D eigenvalue weighted by Gasteiger charge is 2.40. The van der Waals surface area contributed by atoms with Gasteiger partial charge in [-0.15, -0.1) is 0 Å². The van der Waals surface area contributed by atoms with Crippen molar-refractivity contribution in [2.45, 2.75) is 31.7 Å². The zero-order chi connectivity index (χ0) is 21.1. The van der Waals surface area contributed by atoms with Gasteiger partial charge in [0.05, 0.1) is 38.7 Å². The van der Waals surface area contributed by atoms with Crippen molar-refractivity contribution in [2.75, 3.05) is 33.6 Å². The molecule has 1 heterocycles. The van der Waals surface area contributed by atoms with E-state index < -0.39 is 30.1 Å². The Labute approximate surface area is 168 Å². The smallest absolute Gasteiger partial charge is 0.335 e. The Hall–Kier alpha value is -1.84. The molecular weight excluding hydrogens is 398 g/mol. The van der Waals surface area contributed by atoms with Crippen LogP contribution in [0.25, 0.3) is 0 Å². The van der Waals surface area contributed by atoms with Crippen LogP contribution in [0.3, 0.4) is 0 Å². The first-order valence-electron chi connectivity index (χ1n) is 9.03. The standard InChI is InChI=1S/C19H29NO6SSi/c1-24-15-11-14(12-16(13-15)25-2)18-17(19(21)26-3)7-8-20(18)27(22,23)9-10-28(4,5)6/h7,11-13,18H,8-10H2,1-6H3. The van der Waals surface area contributed by atoms with E-state index in [-0.39, 0.29) is 12.3 Å². The van der Waals surface area contributed by atoms with Gasteiger partial charge in [0.15, 0.2) is 0 Å². The maximum Gasteiger partial charge on any atom is 0.335 e. The van der Waals surface area contributed by atoms with E-state index in [2.05, 4.69) is 19.6 Å². The minimum atomic E-state index is -3.58. The molecule has 1 aliphatic rings. The van der Waals surface area contributed by atoms with Crippen molar-refractivity contribution < 1.29 is 27.4 Å². The third kappa shape index (κ3) is 5.15. The number of carbonyl (C=O) groups excluding carboxylic acids is 1. The molecule has 1 aromatic rings. The molecule has 0 amide bonds. The number of nitrogens with zero attached hydrogens (tertiary/aromatic N) is 1. The number of esters is 1. The van der Waals surface area contributed by atoms with E-state index in [4.69, 9.17) is 14.2 Å². The van der Waals surface area contributed by atoms with Gasteiger partial charge >= 0.3 is 5.97 Å². The highest BCUT2D eigenvalue weighted by Crippen LogP contribution is 2.39. The minimum absolute atomic E-state index is 0.0582. The molecule has 0 saturated carbocycles. The number of hydrogen-bond acceptors (Lipinski definition) is 6. The van der Waals surface area contributed by atoms with Gasteiger partial charge in [-0.25, -0.2) is 13.2 Å². The first-order valence-corrected chi connectivity index (χ1v) is 14.3. The summed E-state index contributed by atoms with van der Waals surface area (Å²) in [4.78, 5) is 12.3. The highest BCUT2D eigenvalue weighted by molar-refractivity contribution is 7.89. The van der Waals surface area contributed by atoms with Crippen LogP contribution < -0.4 is 9.47 Å². The average Bonchev–Trinajstić information content (AvgIpc) is 3.11. The van der Waals surface area contributed by atoms with Crippen LogP contribution in [0.15, 0.2) is 29.8 Å². The van der Waals surface area contributed by atoms with Gasteiger partial charge in [-0.2, -0.15) is 4.31 Å². The zero-order valence-corrected chi connectivity index (χ0v) is 19.1. The second-order valence-electron chi connectivity index (χ2n) is 7.90. The molecular formula is C19H29NO6SSi. The van der Waals surface area contributed by atoms with E-state index in [0.29, 0.717) is 28.7 Å². The van der Waals surface area contributed by atoms with Crippen LogP contribution in [0.2, 0.25) is 25.7 Å². The Morgan fingerprint density at radius 1 is 1.11 bits per heavy atom. The fraction of sp³-hybridized carbons (Fsp3) is 0.526. The van der Waals surface area contributed by atoms with Crippen LogP contribution >= 0.6 is 0 Å². The second-order valence-corrected chi connectivity index (χ2v) is 15.6. The summed E-state index contributed by atoms with van der Waals surface area (Å²) in [6, 6.07) is 5.01. The molecule has 0 saturated heterocycles. The zero-order valence-electron chi connectivity index (χ0n) is 17.3. The summed E-state index contributed by atoms with van der Waals surface area (Å²) in [5, 5.41) is 0. The lowest BCUT2D eigenvalue weighted by atomic mass is 10.00. The van der Waals surface area contributed by atoms with Crippen molar-refractivity contribution in [3.63, 3.8) is 0 Å². The lowest BCUT2D eigenvalue weighted by molar-refractivity contribution is -0.136. The number of carbonyl (C=O) groups is 1.